The highest BCUT2D eigenvalue weighted by molar-refractivity contribution is 5.97. The summed E-state index contributed by atoms with van der Waals surface area (Å²) >= 11 is 0. The maximum atomic E-state index is 13.5. The van der Waals surface area contributed by atoms with E-state index in [4.69, 9.17) is 4.74 Å². The van der Waals surface area contributed by atoms with Gasteiger partial charge in [-0.25, -0.2) is 4.39 Å². The Morgan fingerprint density at radius 3 is 2.57 bits per heavy atom. The van der Waals surface area contributed by atoms with Crippen molar-refractivity contribution in [3.05, 3.63) is 59.4 Å². The summed E-state index contributed by atoms with van der Waals surface area (Å²) in [4.78, 5) is 12.2. The minimum Gasteiger partial charge on any atom is -0.493 e. The van der Waals surface area contributed by atoms with Gasteiger partial charge in [-0.05, 0) is 18.2 Å². The van der Waals surface area contributed by atoms with Crippen molar-refractivity contribution >= 4 is 5.91 Å². The number of amides is 1. The van der Waals surface area contributed by atoms with Crippen molar-refractivity contribution in [3.63, 3.8) is 0 Å². The summed E-state index contributed by atoms with van der Waals surface area (Å²) in [5, 5.41) is 2.46. The first-order valence-corrected chi connectivity index (χ1v) is 6.66. The van der Waals surface area contributed by atoms with E-state index in [-0.39, 0.29) is 29.2 Å². The maximum Gasteiger partial charge on any atom is 0.387 e. The monoisotopic (exact) mass is 325 g/mol. The van der Waals surface area contributed by atoms with Crippen LogP contribution in [0.5, 0.6) is 11.5 Å². The molecule has 2 rings (SSSR count). The summed E-state index contributed by atoms with van der Waals surface area (Å²) < 4.78 is 47.9. The molecule has 0 fully saturated rings. The molecule has 0 saturated carbocycles. The lowest BCUT2D eigenvalue weighted by atomic mass is 10.1. The van der Waals surface area contributed by atoms with Gasteiger partial charge in [0.05, 0.1) is 12.7 Å². The number of rotatable bonds is 6. The zero-order valence-corrected chi connectivity index (χ0v) is 12.2. The minimum absolute atomic E-state index is 0.00356. The molecule has 0 aromatic heterocycles. The smallest absolute Gasteiger partial charge is 0.387 e. The molecule has 1 amide bonds. The lowest BCUT2D eigenvalue weighted by molar-refractivity contribution is -0.0515. The highest BCUT2D eigenvalue weighted by Crippen LogP contribution is 2.32. The molecule has 0 atom stereocenters. The van der Waals surface area contributed by atoms with Gasteiger partial charge in [-0.15, -0.1) is 0 Å². The van der Waals surface area contributed by atoms with Crippen LogP contribution in [0.4, 0.5) is 13.2 Å². The average Bonchev–Trinajstić information content (AvgIpc) is 2.53. The molecule has 23 heavy (non-hydrogen) atoms. The predicted molar refractivity (Wildman–Crippen MR) is 77.2 cm³/mol. The molecule has 2 aromatic rings. The summed E-state index contributed by atoms with van der Waals surface area (Å²) in [5.74, 6) is -1.51. The van der Waals surface area contributed by atoms with Crippen LogP contribution in [0.1, 0.15) is 15.9 Å². The van der Waals surface area contributed by atoms with Crippen LogP contribution in [0.25, 0.3) is 0 Å². The first-order chi connectivity index (χ1) is 11.0. The van der Waals surface area contributed by atoms with E-state index >= 15 is 0 Å². The van der Waals surface area contributed by atoms with E-state index in [0.29, 0.717) is 0 Å². The van der Waals surface area contributed by atoms with Gasteiger partial charge in [0, 0.05) is 12.1 Å². The number of nitrogens with one attached hydrogen (secondary N) is 1. The third kappa shape index (κ3) is 4.15. The summed E-state index contributed by atoms with van der Waals surface area (Å²) in [6, 6.07) is 10.1. The van der Waals surface area contributed by atoms with Gasteiger partial charge < -0.3 is 14.8 Å². The van der Waals surface area contributed by atoms with Crippen molar-refractivity contribution in [3.8, 4) is 11.5 Å². The Morgan fingerprint density at radius 2 is 1.91 bits per heavy atom. The summed E-state index contributed by atoms with van der Waals surface area (Å²) in [6.45, 7) is -3.19. The standard InChI is InChI=1S/C16H14F3NO3/c1-22-13-8-4-6-11(14(13)23-16(18)19)15(21)20-9-10-5-2-3-7-12(10)17/h2-8,16H,9H2,1H3,(H,20,21). The molecule has 0 bridgehead atoms. The number of halogens is 3. The van der Waals surface area contributed by atoms with Gasteiger partial charge in [0.2, 0.25) is 0 Å². The largest absolute Gasteiger partial charge is 0.493 e. The van der Waals surface area contributed by atoms with E-state index in [2.05, 4.69) is 10.1 Å². The van der Waals surface area contributed by atoms with E-state index in [1.165, 1.54) is 43.5 Å². The highest BCUT2D eigenvalue weighted by Gasteiger charge is 2.20. The lowest BCUT2D eigenvalue weighted by Gasteiger charge is -2.14. The van der Waals surface area contributed by atoms with Gasteiger partial charge in [0.25, 0.3) is 5.91 Å². The van der Waals surface area contributed by atoms with Crippen LogP contribution >= 0.6 is 0 Å². The van der Waals surface area contributed by atoms with Crippen molar-refractivity contribution in [2.24, 2.45) is 0 Å². The van der Waals surface area contributed by atoms with Crippen LogP contribution in [0, 0.1) is 5.82 Å². The van der Waals surface area contributed by atoms with Gasteiger partial charge in [-0.2, -0.15) is 8.78 Å². The molecule has 122 valence electrons. The highest BCUT2D eigenvalue weighted by atomic mass is 19.3. The minimum atomic E-state index is -3.11. The molecular formula is C16H14F3NO3. The van der Waals surface area contributed by atoms with Gasteiger partial charge in [-0.1, -0.05) is 24.3 Å². The number of carbonyl (C=O) groups excluding carboxylic acids is 1. The summed E-state index contributed by atoms with van der Waals surface area (Å²) in [6.07, 6.45) is 0. The van der Waals surface area contributed by atoms with Gasteiger partial charge >= 0.3 is 6.61 Å². The van der Waals surface area contributed by atoms with E-state index in [9.17, 15) is 18.0 Å². The Hall–Kier alpha value is -2.70. The third-order valence-corrected chi connectivity index (χ3v) is 3.05. The van der Waals surface area contributed by atoms with E-state index in [0.717, 1.165) is 0 Å². The molecular weight excluding hydrogens is 311 g/mol. The van der Waals surface area contributed by atoms with Gasteiger partial charge in [0.1, 0.15) is 5.82 Å². The fourth-order valence-corrected chi connectivity index (χ4v) is 1.98. The molecule has 0 aliphatic heterocycles. The first kappa shape index (κ1) is 16.7. The second kappa shape index (κ2) is 7.53. The fourth-order valence-electron chi connectivity index (χ4n) is 1.98. The number of alkyl halides is 2. The Balaban J connectivity index is 2.20. The predicted octanol–water partition coefficient (Wildman–Crippen LogP) is 3.37. The van der Waals surface area contributed by atoms with E-state index in [1.54, 1.807) is 6.07 Å². The second-order valence-electron chi connectivity index (χ2n) is 4.49. The van der Waals surface area contributed by atoms with Crippen molar-refractivity contribution in [2.75, 3.05) is 7.11 Å². The van der Waals surface area contributed by atoms with Crippen LogP contribution < -0.4 is 14.8 Å². The van der Waals surface area contributed by atoms with Crippen LogP contribution in [0.15, 0.2) is 42.5 Å². The molecule has 0 aliphatic carbocycles. The van der Waals surface area contributed by atoms with Crippen molar-refractivity contribution in [2.45, 2.75) is 13.2 Å². The normalized spacial score (nSPS) is 10.5. The number of para-hydroxylation sites is 1. The topological polar surface area (TPSA) is 47.6 Å². The van der Waals surface area contributed by atoms with E-state index < -0.39 is 18.3 Å². The van der Waals surface area contributed by atoms with Crippen LogP contribution in [0.2, 0.25) is 0 Å². The molecule has 0 aliphatic rings. The molecule has 0 heterocycles. The molecule has 2 aromatic carbocycles. The number of ether oxygens (including phenoxy) is 2. The summed E-state index contributed by atoms with van der Waals surface area (Å²) in [7, 11) is 1.27. The molecule has 0 radical (unpaired) electrons. The SMILES string of the molecule is COc1cccc(C(=O)NCc2ccccc2F)c1OC(F)F. The number of hydrogen-bond donors (Lipinski definition) is 1. The van der Waals surface area contributed by atoms with Crippen LogP contribution in [-0.4, -0.2) is 19.6 Å². The van der Waals surface area contributed by atoms with Gasteiger partial charge in [0.15, 0.2) is 11.5 Å². The Bertz CT molecular complexity index is 692. The number of methoxy groups -OCH3 is 1. The summed E-state index contributed by atoms with van der Waals surface area (Å²) in [5.41, 5.74) is 0.154. The molecule has 0 unspecified atom stereocenters. The number of benzene rings is 2. The number of hydrogen-bond acceptors (Lipinski definition) is 3. The van der Waals surface area contributed by atoms with Crippen LogP contribution in [-0.2, 0) is 6.54 Å². The Morgan fingerprint density at radius 1 is 1.17 bits per heavy atom. The van der Waals surface area contributed by atoms with Crippen molar-refractivity contribution in [1.29, 1.82) is 0 Å². The Labute approximate surface area is 130 Å². The van der Waals surface area contributed by atoms with Crippen molar-refractivity contribution in [1.82, 2.24) is 5.32 Å². The van der Waals surface area contributed by atoms with E-state index in [1.807, 2.05) is 0 Å². The number of carbonyl (C=O) groups is 1. The first-order valence-electron chi connectivity index (χ1n) is 6.66. The maximum absolute atomic E-state index is 13.5. The average molecular weight is 325 g/mol. The zero-order chi connectivity index (χ0) is 16.8. The second-order valence-corrected chi connectivity index (χ2v) is 4.49. The zero-order valence-electron chi connectivity index (χ0n) is 12.2. The van der Waals surface area contributed by atoms with Crippen LogP contribution in [0.3, 0.4) is 0 Å². The van der Waals surface area contributed by atoms with Crippen molar-refractivity contribution < 1.29 is 27.4 Å². The molecule has 1 N–H and O–H groups in total. The Kier molecular flexibility index (Phi) is 5.46. The fraction of sp³-hybridized carbons (Fsp3) is 0.188. The van der Waals surface area contributed by atoms with Gasteiger partial charge in [-0.3, -0.25) is 4.79 Å². The molecule has 0 saturated heterocycles. The third-order valence-electron chi connectivity index (χ3n) is 3.05. The molecule has 0 spiro atoms. The quantitative estimate of drug-likeness (QED) is 0.886. The molecule has 7 heteroatoms. The molecule has 4 nitrogen and oxygen atoms in total. The lowest BCUT2D eigenvalue weighted by Crippen LogP contribution is -2.24.